The number of hydrogen-bond acceptors (Lipinski definition) is 3. The highest BCUT2D eigenvalue weighted by atomic mass is 35.5. The Hall–Kier alpha value is -0.250. The molecule has 0 fully saturated rings. The van der Waals surface area contributed by atoms with Crippen LogP contribution < -0.4 is 0 Å². The van der Waals surface area contributed by atoms with E-state index in [1.807, 2.05) is 24.3 Å². The van der Waals surface area contributed by atoms with E-state index in [1.165, 1.54) is 23.1 Å². The van der Waals surface area contributed by atoms with Crippen molar-refractivity contribution in [2.45, 2.75) is 6.92 Å². The number of carbonyl (C=O) groups excluding carboxylic acids is 1. The number of carbonyl (C=O) groups is 1. The summed E-state index contributed by atoms with van der Waals surface area (Å²) in [5.74, 6) is 0.727. The van der Waals surface area contributed by atoms with Gasteiger partial charge in [-0.2, -0.15) is 0 Å². The molecule has 4 heteroatoms. The van der Waals surface area contributed by atoms with Crippen LogP contribution in [0.15, 0.2) is 18.2 Å². The zero-order valence-electron chi connectivity index (χ0n) is 7.12. The minimum atomic E-state index is 0.147. The first kappa shape index (κ1) is 10.8. The Morgan fingerprint density at radius 1 is 1.69 bits per heavy atom. The van der Waals surface area contributed by atoms with Gasteiger partial charge < -0.3 is 0 Å². The average Bonchev–Trinajstić information content (AvgIpc) is 2.45. The van der Waals surface area contributed by atoms with Gasteiger partial charge in [-0.25, -0.2) is 0 Å². The molecule has 0 saturated carbocycles. The molecular formula is C9H9ClOS2. The second kappa shape index (κ2) is 5.47. The van der Waals surface area contributed by atoms with E-state index in [1.54, 1.807) is 6.92 Å². The summed E-state index contributed by atoms with van der Waals surface area (Å²) in [4.78, 5) is 11.7. The number of hydrogen-bond donors (Lipinski definition) is 0. The minimum Gasteiger partial charge on any atom is -0.288 e. The molecule has 0 aliphatic heterocycles. The Morgan fingerprint density at radius 3 is 3.00 bits per heavy atom. The van der Waals surface area contributed by atoms with E-state index in [4.69, 9.17) is 11.6 Å². The Kier molecular flexibility index (Phi) is 4.56. The molecule has 0 aliphatic rings. The van der Waals surface area contributed by atoms with E-state index < -0.39 is 0 Å². The van der Waals surface area contributed by atoms with Crippen LogP contribution in [0, 0.1) is 0 Å². The van der Waals surface area contributed by atoms with Crippen LogP contribution in [0.25, 0.3) is 6.08 Å². The van der Waals surface area contributed by atoms with Crippen LogP contribution in [-0.2, 0) is 4.79 Å². The Labute approximate surface area is 90.8 Å². The summed E-state index contributed by atoms with van der Waals surface area (Å²) in [5, 5.41) is 0.147. The molecule has 70 valence electrons. The van der Waals surface area contributed by atoms with Gasteiger partial charge in [-0.1, -0.05) is 29.4 Å². The molecule has 0 spiro atoms. The van der Waals surface area contributed by atoms with Crippen molar-refractivity contribution in [1.29, 1.82) is 0 Å². The molecule has 1 rings (SSSR count). The van der Waals surface area contributed by atoms with Crippen LogP contribution in [-0.4, -0.2) is 10.9 Å². The molecule has 0 aliphatic carbocycles. The van der Waals surface area contributed by atoms with Gasteiger partial charge in [0, 0.05) is 17.6 Å². The molecule has 1 aromatic rings. The van der Waals surface area contributed by atoms with E-state index in [9.17, 15) is 4.79 Å². The maximum absolute atomic E-state index is 10.6. The molecule has 0 N–H and O–H groups in total. The summed E-state index contributed by atoms with van der Waals surface area (Å²) >= 11 is 8.58. The van der Waals surface area contributed by atoms with Crippen molar-refractivity contribution in [3.05, 3.63) is 27.4 Å². The van der Waals surface area contributed by atoms with Crippen LogP contribution in [0.1, 0.15) is 11.8 Å². The van der Waals surface area contributed by atoms with Gasteiger partial charge in [0.2, 0.25) is 0 Å². The number of thioether (sulfide) groups is 1. The zero-order chi connectivity index (χ0) is 9.68. The predicted molar refractivity (Wildman–Crippen MR) is 61.5 cm³/mol. The van der Waals surface area contributed by atoms with Crippen LogP contribution in [0.2, 0.25) is 4.34 Å². The summed E-state index contributed by atoms with van der Waals surface area (Å²) in [6.45, 7) is 1.57. The third-order valence-corrected chi connectivity index (χ3v) is 3.22. The van der Waals surface area contributed by atoms with Crippen LogP contribution >= 0.6 is 34.7 Å². The first-order chi connectivity index (χ1) is 6.18. The minimum absolute atomic E-state index is 0.147. The van der Waals surface area contributed by atoms with Gasteiger partial charge >= 0.3 is 0 Å². The molecule has 13 heavy (non-hydrogen) atoms. The molecule has 0 unspecified atom stereocenters. The summed E-state index contributed by atoms with van der Waals surface area (Å²) in [7, 11) is 0. The fraction of sp³-hybridized carbons (Fsp3) is 0.222. The molecule has 1 aromatic heterocycles. The monoisotopic (exact) mass is 232 g/mol. The second-order valence-electron chi connectivity index (χ2n) is 2.35. The number of rotatable bonds is 3. The molecule has 0 radical (unpaired) electrons. The highest BCUT2D eigenvalue weighted by Gasteiger charge is 1.93. The van der Waals surface area contributed by atoms with Crippen molar-refractivity contribution in [3.8, 4) is 0 Å². The van der Waals surface area contributed by atoms with Crippen LogP contribution in [0.4, 0.5) is 0 Å². The molecule has 1 nitrogen and oxygen atoms in total. The lowest BCUT2D eigenvalue weighted by molar-refractivity contribution is -0.109. The van der Waals surface area contributed by atoms with Gasteiger partial charge in [0.1, 0.15) is 0 Å². The molecule has 1 heterocycles. The Balaban J connectivity index is 2.36. The van der Waals surface area contributed by atoms with Crippen molar-refractivity contribution in [1.82, 2.24) is 0 Å². The van der Waals surface area contributed by atoms with E-state index >= 15 is 0 Å². The van der Waals surface area contributed by atoms with Crippen LogP contribution in [0.3, 0.4) is 0 Å². The number of thiophene rings is 1. The normalized spacial score (nSPS) is 10.9. The van der Waals surface area contributed by atoms with Gasteiger partial charge in [-0.3, -0.25) is 4.79 Å². The van der Waals surface area contributed by atoms with Crippen molar-refractivity contribution in [3.63, 3.8) is 0 Å². The maximum atomic E-state index is 10.6. The van der Waals surface area contributed by atoms with Gasteiger partial charge in [0.25, 0.3) is 0 Å². The van der Waals surface area contributed by atoms with E-state index in [2.05, 4.69) is 0 Å². The highest BCUT2D eigenvalue weighted by Crippen LogP contribution is 2.22. The fourth-order valence-electron chi connectivity index (χ4n) is 0.748. The second-order valence-corrected chi connectivity index (χ2v) is 5.29. The summed E-state index contributed by atoms with van der Waals surface area (Å²) in [5.41, 5.74) is 0. The molecule has 0 atom stereocenters. The van der Waals surface area contributed by atoms with Gasteiger partial charge in [0.15, 0.2) is 5.12 Å². The summed E-state index contributed by atoms with van der Waals surface area (Å²) in [6, 6.07) is 3.83. The lowest BCUT2D eigenvalue weighted by Gasteiger charge is -1.87. The van der Waals surface area contributed by atoms with E-state index in [0.29, 0.717) is 0 Å². The van der Waals surface area contributed by atoms with Crippen molar-refractivity contribution >= 4 is 45.9 Å². The zero-order valence-corrected chi connectivity index (χ0v) is 9.51. The molecule has 0 amide bonds. The first-order valence-electron chi connectivity index (χ1n) is 3.74. The van der Waals surface area contributed by atoms with Crippen molar-refractivity contribution in [2.75, 3.05) is 5.75 Å². The SMILES string of the molecule is CC(=O)SCC=Cc1ccc(Cl)s1. The lowest BCUT2D eigenvalue weighted by atomic mass is 10.4. The Morgan fingerprint density at radius 2 is 2.46 bits per heavy atom. The lowest BCUT2D eigenvalue weighted by Crippen LogP contribution is -1.80. The molecule has 0 aromatic carbocycles. The standard InChI is InChI=1S/C9H9ClOS2/c1-7(11)12-6-2-3-8-4-5-9(10)13-8/h2-5H,6H2,1H3. The van der Waals surface area contributed by atoms with Crippen molar-refractivity contribution < 1.29 is 4.79 Å². The predicted octanol–water partition coefficient (Wildman–Crippen LogP) is 3.69. The average molecular weight is 233 g/mol. The maximum Gasteiger partial charge on any atom is 0.186 e. The Bertz CT molecular complexity index is 317. The topological polar surface area (TPSA) is 17.1 Å². The van der Waals surface area contributed by atoms with Gasteiger partial charge in [-0.05, 0) is 18.2 Å². The number of halogens is 1. The fourth-order valence-corrected chi connectivity index (χ4v) is 2.17. The quantitative estimate of drug-likeness (QED) is 0.791. The molecular weight excluding hydrogens is 224 g/mol. The van der Waals surface area contributed by atoms with Gasteiger partial charge in [0.05, 0.1) is 4.34 Å². The summed E-state index contributed by atoms with van der Waals surface area (Å²) < 4.78 is 0.791. The third-order valence-electron chi connectivity index (χ3n) is 1.26. The van der Waals surface area contributed by atoms with E-state index in [-0.39, 0.29) is 5.12 Å². The first-order valence-corrected chi connectivity index (χ1v) is 5.92. The largest absolute Gasteiger partial charge is 0.288 e. The molecule has 0 bridgehead atoms. The third kappa shape index (κ3) is 4.50. The molecule has 0 saturated heterocycles. The summed E-state index contributed by atoms with van der Waals surface area (Å²) in [6.07, 6.45) is 3.95. The van der Waals surface area contributed by atoms with Crippen LogP contribution in [0.5, 0.6) is 0 Å². The van der Waals surface area contributed by atoms with E-state index in [0.717, 1.165) is 15.0 Å². The smallest absolute Gasteiger partial charge is 0.186 e. The highest BCUT2D eigenvalue weighted by molar-refractivity contribution is 8.13. The van der Waals surface area contributed by atoms with Crippen molar-refractivity contribution in [2.24, 2.45) is 0 Å². The van der Waals surface area contributed by atoms with Gasteiger partial charge in [-0.15, -0.1) is 11.3 Å².